The highest BCUT2D eigenvalue weighted by molar-refractivity contribution is 7.18. The lowest BCUT2D eigenvalue weighted by Crippen LogP contribution is -2.27. The lowest BCUT2D eigenvalue weighted by molar-refractivity contribution is -0.130. The number of hydrogen-bond donors (Lipinski definition) is 1. The van der Waals surface area contributed by atoms with Crippen LogP contribution in [0.3, 0.4) is 0 Å². The van der Waals surface area contributed by atoms with Crippen LogP contribution in [0.15, 0.2) is 33.5 Å². The van der Waals surface area contributed by atoms with Crippen molar-refractivity contribution in [1.29, 1.82) is 0 Å². The first kappa shape index (κ1) is 20.3. The number of hydrogen-bond acceptors (Lipinski definition) is 5. The fourth-order valence-electron chi connectivity index (χ4n) is 3.77. The molecule has 0 atom stereocenters. The number of aromatic nitrogens is 2. The van der Waals surface area contributed by atoms with Gasteiger partial charge < -0.3 is 14.3 Å². The van der Waals surface area contributed by atoms with Gasteiger partial charge in [-0.15, -0.1) is 11.3 Å². The number of rotatable bonds is 6. The van der Waals surface area contributed by atoms with Crippen LogP contribution in [0.4, 0.5) is 0 Å². The number of carbonyl (C=O) groups excluding carboxylic acids is 1. The summed E-state index contributed by atoms with van der Waals surface area (Å²) < 4.78 is 5.94. The Morgan fingerprint density at radius 1 is 1.27 bits per heavy atom. The van der Waals surface area contributed by atoms with Crippen LogP contribution in [0.2, 0.25) is 0 Å². The zero-order valence-electron chi connectivity index (χ0n) is 17.7. The normalized spacial score (nSPS) is 11.5. The molecule has 1 N–H and O–H groups in total. The van der Waals surface area contributed by atoms with E-state index in [9.17, 15) is 9.59 Å². The highest BCUT2D eigenvalue weighted by Gasteiger charge is 2.18. The fraction of sp³-hybridized carbons (Fsp3) is 0.348. The van der Waals surface area contributed by atoms with Gasteiger partial charge in [-0.25, -0.2) is 4.98 Å². The summed E-state index contributed by atoms with van der Waals surface area (Å²) >= 11 is 1.52. The highest BCUT2D eigenvalue weighted by Crippen LogP contribution is 2.28. The third kappa shape index (κ3) is 3.65. The predicted molar refractivity (Wildman–Crippen MR) is 120 cm³/mol. The first-order chi connectivity index (χ1) is 14.4. The van der Waals surface area contributed by atoms with Gasteiger partial charge in [-0.2, -0.15) is 0 Å². The van der Waals surface area contributed by atoms with E-state index in [1.807, 2.05) is 38.1 Å². The van der Waals surface area contributed by atoms with Crippen molar-refractivity contribution in [3.05, 3.63) is 62.2 Å². The van der Waals surface area contributed by atoms with E-state index in [4.69, 9.17) is 4.42 Å². The average molecular weight is 424 g/mol. The smallest absolute Gasteiger partial charge is 0.259 e. The third-order valence-electron chi connectivity index (χ3n) is 5.59. The first-order valence-electron chi connectivity index (χ1n) is 10.1. The zero-order chi connectivity index (χ0) is 21.4. The minimum absolute atomic E-state index is 0.00335. The summed E-state index contributed by atoms with van der Waals surface area (Å²) in [4.78, 5) is 36.1. The Labute approximate surface area is 178 Å². The van der Waals surface area contributed by atoms with Crippen LogP contribution in [0.25, 0.3) is 21.2 Å². The van der Waals surface area contributed by atoms with Gasteiger partial charge in [-0.3, -0.25) is 9.59 Å². The van der Waals surface area contributed by atoms with E-state index in [1.165, 1.54) is 11.3 Å². The molecule has 0 spiro atoms. The third-order valence-corrected chi connectivity index (χ3v) is 6.69. The Morgan fingerprint density at radius 3 is 2.80 bits per heavy atom. The molecule has 0 saturated carbocycles. The summed E-state index contributed by atoms with van der Waals surface area (Å²) in [7, 11) is 1.80. The van der Waals surface area contributed by atoms with Gasteiger partial charge in [0, 0.05) is 48.7 Å². The number of aryl methyl sites for hydroxylation is 4. The number of H-pyrrole nitrogens is 1. The molecule has 0 bridgehead atoms. The molecule has 3 heterocycles. The van der Waals surface area contributed by atoms with Crippen LogP contribution < -0.4 is 5.56 Å². The van der Waals surface area contributed by atoms with Crippen molar-refractivity contribution in [2.75, 3.05) is 7.05 Å². The van der Waals surface area contributed by atoms with Crippen LogP contribution >= 0.6 is 11.3 Å². The molecule has 1 amide bonds. The van der Waals surface area contributed by atoms with Crippen molar-refractivity contribution < 1.29 is 9.21 Å². The number of thiophene rings is 1. The van der Waals surface area contributed by atoms with Crippen LogP contribution in [0.5, 0.6) is 0 Å². The molecule has 0 saturated heterocycles. The predicted octanol–water partition coefficient (Wildman–Crippen LogP) is 4.50. The molecule has 7 heteroatoms. The number of aromatic amines is 1. The largest absolute Gasteiger partial charge is 0.461 e. The number of nitrogens with one attached hydrogen (secondary N) is 1. The summed E-state index contributed by atoms with van der Waals surface area (Å²) in [5.74, 6) is 1.47. The molecular formula is C23H25N3O3S. The monoisotopic (exact) mass is 423 g/mol. The second kappa shape index (κ2) is 8.07. The van der Waals surface area contributed by atoms with Crippen LogP contribution in [0.1, 0.15) is 40.9 Å². The van der Waals surface area contributed by atoms with E-state index in [0.29, 0.717) is 24.2 Å². The molecule has 4 aromatic rings. The Balaban J connectivity index is 1.48. The molecule has 0 radical (unpaired) electrons. The molecule has 30 heavy (non-hydrogen) atoms. The SMILES string of the molecule is CCc1oc2ccccc2c1CN(C)C(=O)CCc1nc2sc(C)c(C)c2c(=O)[nH]1. The fourth-order valence-corrected chi connectivity index (χ4v) is 4.82. The van der Waals surface area contributed by atoms with Gasteiger partial charge in [0.15, 0.2) is 0 Å². The molecule has 1 aromatic carbocycles. The van der Waals surface area contributed by atoms with E-state index in [0.717, 1.165) is 44.0 Å². The van der Waals surface area contributed by atoms with Gasteiger partial charge in [-0.05, 0) is 25.5 Å². The maximum Gasteiger partial charge on any atom is 0.259 e. The molecule has 0 aliphatic heterocycles. The summed E-state index contributed by atoms with van der Waals surface area (Å²) in [6.07, 6.45) is 1.46. The average Bonchev–Trinajstić information content (AvgIpc) is 3.23. The van der Waals surface area contributed by atoms with Crippen molar-refractivity contribution in [2.45, 2.75) is 46.6 Å². The van der Waals surface area contributed by atoms with Gasteiger partial charge in [0.1, 0.15) is 22.0 Å². The molecule has 4 rings (SSSR count). The Hall–Kier alpha value is -2.93. The van der Waals surface area contributed by atoms with Gasteiger partial charge >= 0.3 is 0 Å². The number of amides is 1. The summed E-state index contributed by atoms with van der Waals surface area (Å²) in [6.45, 7) is 6.47. The van der Waals surface area contributed by atoms with Crippen LogP contribution in [-0.2, 0) is 24.2 Å². The standard InChI is InChI=1S/C23H25N3O3S/c1-5-17-16(15-8-6-7-9-18(15)29-17)12-26(4)20(27)11-10-19-24-22(28)21-13(2)14(3)30-23(21)25-19/h6-9H,5,10-12H2,1-4H3,(H,24,25,28). The van der Waals surface area contributed by atoms with Crippen molar-refractivity contribution in [3.63, 3.8) is 0 Å². The zero-order valence-corrected chi connectivity index (χ0v) is 18.5. The number of carbonyl (C=O) groups is 1. The Bertz CT molecular complexity index is 1300. The molecule has 0 fully saturated rings. The van der Waals surface area contributed by atoms with E-state index in [1.54, 1.807) is 11.9 Å². The minimum atomic E-state index is -0.130. The molecular weight excluding hydrogens is 398 g/mol. The number of benzene rings is 1. The number of nitrogens with zero attached hydrogens (tertiary/aromatic N) is 2. The van der Waals surface area contributed by atoms with Crippen molar-refractivity contribution in [2.24, 2.45) is 0 Å². The summed E-state index contributed by atoms with van der Waals surface area (Å²) in [6, 6.07) is 7.91. The number of para-hydroxylation sites is 1. The quantitative estimate of drug-likeness (QED) is 0.495. The minimum Gasteiger partial charge on any atom is -0.461 e. The Kier molecular flexibility index (Phi) is 5.47. The number of fused-ring (bicyclic) bond motifs is 2. The molecule has 6 nitrogen and oxygen atoms in total. The van der Waals surface area contributed by atoms with Crippen molar-refractivity contribution in [3.8, 4) is 0 Å². The van der Waals surface area contributed by atoms with E-state index in [2.05, 4.69) is 16.9 Å². The summed E-state index contributed by atoms with van der Waals surface area (Å²) in [5.41, 5.74) is 2.75. The van der Waals surface area contributed by atoms with Gasteiger partial charge in [0.25, 0.3) is 5.56 Å². The lowest BCUT2D eigenvalue weighted by atomic mass is 10.1. The van der Waals surface area contributed by atoms with Gasteiger partial charge in [0.2, 0.25) is 5.91 Å². The maximum absolute atomic E-state index is 12.8. The lowest BCUT2D eigenvalue weighted by Gasteiger charge is -2.17. The number of furan rings is 1. The van der Waals surface area contributed by atoms with Crippen LogP contribution in [-0.4, -0.2) is 27.8 Å². The molecule has 0 aliphatic carbocycles. The van der Waals surface area contributed by atoms with E-state index in [-0.39, 0.29) is 17.9 Å². The van der Waals surface area contributed by atoms with Gasteiger partial charge in [-0.1, -0.05) is 25.1 Å². The van der Waals surface area contributed by atoms with E-state index >= 15 is 0 Å². The summed E-state index contributed by atoms with van der Waals surface area (Å²) in [5, 5.41) is 1.71. The highest BCUT2D eigenvalue weighted by atomic mass is 32.1. The van der Waals surface area contributed by atoms with Crippen molar-refractivity contribution >= 4 is 38.4 Å². The van der Waals surface area contributed by atoms with Crippen molar-refractivity contribution in [1.82, 2.24) is 14.9 Å². The molecule has 156 valence electrons. The van der Waals surface area contributed by atoms with Crippen LogP contribution in [0, 0.1) is 13.8 Å². The molecule has 3 aromatic heterocycles. The topological polar surface area (TPSA) is 79.2 Å². The maximum atomic E-state index is 12.8. The molecule has 0 aliphatic rings. The van der Waals surface area contributed by atoms with Gasteiger partial charge in [0.05, 0.1) is 5.39 Å². The first-order valence-corrected chi connectivity index (χ1v) is 10.9. The second-order valence-electron chi connectivity index (χ2n) is 7.58. The molecule has 0 unspecified atom stereocenters. The van der Waals surface area contributed by atoms with E-state index < -0.39 is 0 Å². The Morgan fingerprint density at radius 2 is 2.03 bits per heavy atom. The second-order valence-corrected chi connectivity index (χ2v) is 8.78.